The van der Waals surface area contributed by atoms with Gasteiger partial charge in [-0.1, -0.05) is 6.42 Å². The molecule has 3 aliphatic rings. The number of hydrogen-bond donors (Lipinski definition) is 2. The molecule has 19 heavy (non-hydrogen) atoms. The number of hydrogen-bond acceptors (Lipinski definition) is 4. The molecule has 2 heterocycles. The van der Waals surface area contributed by atoms with Gasteiger partial charge in [0.05, 0.1) is 0 Å². The average Bonchev–Trinajstić information content (AvgIpc) is 2.82. The van der Waals surface area contributed by atoms with E-state index in [4.69, 9.17) is 5.73 Å². The van der Waals surface area contributed by atoms with Gasteiger partial charge in [-0.05, 0) is 38.6 Å². The molecule has 1 aliphatic carbocycles. The standard InChI is InChI=1S/C14H25N3O2/c15-14(13(18)19)5-4-11(9-14)17-8-7-16-6-2-1-3-12(16)10-17/h11-12H,1-10,15H2,(H,18,19). The van der Waals surface area contributed by atoms with Crippen LogP contribution in [0.1, 0.15) is 38.5 Å². The molecule has 5 nitrogen and oxygen atoms in total. The number of carbonyl (C=O) groups is 1. The second kappa shape index (κ2) is 5.04. The van der Waals surface area contributed by atoms with Crippen LogP contribution in [0.2, 0.25) is 0 Å². The smallest absolute Gasteiger partial charge is 0.323 e. The molecule has 0 amide bonds. The largest absolute Gasteiger partial charge is 0.480 e. The van der Waals surface area contributed by atoms with Crippen molar-refractivity contribution in [2.45, 2.75) is 56.1 Å². The maximum absolute atomic E-state index is 11.2. The van der Waals surface area contributed by atoms with Crippen molar-refractivity contribution in [3.63, 3.8) is 0 Å². The number of aliphatic carboxylic acids is 1. The van der Waals surface area contributed by atoms with Crippen LogP contribution in [-0.2, 0) is 4.79 Å². The average molecular weight is 267 g/mol. The fourth-order valence-electron chi connectivity index (χ4n) is 4.07. The van der Waals surface area contributed by atoms with Crippen LogP contribution < -0.4 is 5.73 Å². The van der Waals surface area contributed by atoms with Crippen LogP contribution in [0, 0.1) is 0 Å². The Morgan fingerprint density at radius 2 is 1.89 bits per heavy atom. The zero-order valence-corrected chi connectivity index (χ0v) is 11.6. The molecule has 0 radical (unpaired) electrons. The van der Waals surface area contributed by atoms with Gasteiger partial charge in [0.15, 0.2) is 0 Å². The van der Waals surface area contributed by atoms with Gasteiger partial charge in [0.1, 0.15) is 5.54 Å². The van der Waals surface area contributed by atoms with E-state index in [1.165, 1.54) is 25.8 Å². The molecular formula is C14H25N3O2. The van der Waals surface area contributed by atoms with E-state index in [1.807, 2.05) is 0 Å². The molecule has 108 valence electrons. The van der Waals surface area contributed by atoms with Gasteiger partial charge in [-0.3, -0.25) is 14.6 Å². The van der Waals surface area contributed by atoms with Crippen molar-refractivity contribution >= 4 is 5.97 Å². The van der Waals surface area contributed by atoms with Crippen molar-refractivity contribution < 1.29 is 9.90 Å². The number of nitrogens with two attached hydrogens (primary N) is 1. The summed E-state index contributed by atoms with van der Waals surface area (Å²) in [4.78, 5) is 16.3. The Bertz CT molecular complexity index is 363. The molecule has 0 aromatic carbocycles. The van der Waals surface area contributed by atoms with Gasteiger partial charge in [0.2, 0.25) is 0 Å². The third-order valence-electron chi connectivity index (χ3n) is 5.33. The van der Waals surface area contributed by atoms with Crippen molar-refractivity contribution in [1.29, 1.82) is 0 Å². The Kier molecular flexibility index (Phi) is 3.53. The molecule has 0 spiro atoms. The Balaban J connectivity index is 1.60. The Morgan fingerprint density at radius 3 is 2.63 bits per heavy atom. The van der Waals surface area contributed by atoms with Gasteiger partial charge in [0, 0.05) is 31.7 Å². The minimum Gasteiger partial charge on any atom is -0.480 e. The third-order valence-corrected chi connectivity index (χ3v) is 5.33. The summed E-state index contributed by atoms with van der Waals surface area (Å²) < 4.78 is 0. The molecule has 3 rings (SSSR count). The number of carboxylic acid groups (broad SMARTS) is 1. The second-order valence-electron chi connectivity index (χ2n) is 6.54. The van der Waals surface area contributed by atoms with Gasteiger partial charge in [-0.15, -0.1) is 0 Å². The Labute approximate surface area is 114 Å². The lowest BCUT2D eigenvalue weighted by molar-refractivity contribution is -0.143. The van der Waals surface area contributed by atoms with E-state index in [-0.39, 0.29) is 0 Å². The summed E-state index contributed by atoms with van der Waals surface area (Å²) in [6.07, 6.45) is 6.17. The van der Waals surface area contributed by atoms with Crippen LogP contribution in [0.3, 0.4) is 0 Å². The molecule has 3 N–H and O–H groups in total. The fourth-order valence-corrected chi connectivity index (χ4v) is 4.07. The molecule has 2 aliphatic heterocycles. The van der Waals surface area contributed by atoms with E-state index in [0.717, 1.165) is 26.1 Å². The number of fused-ring (bicyclic) bond motifs is 1. The summed E-state index contributed by atoms with van der Waals surface area (Å²) in [5.74, 6) is -0.827. The molecule has 0 bridgehead atoms. The molecule has 3 atom stereocenters. The molecule has 0 aromatic rings. The molecular weight excluding hydrogens is 242 g/mol. The first-order valence-corrected chi connectivity index (χ1v) is 7.59. The summed E-state index contributed by atoms with van der Waals surface area (Å²) in [5, 5.41) is 9.22. The van der Waals surface area contributed by atoms with Crippen LogP contribution in [-0.4, -0.2) is 64.7 Å². The van der Waals surface area contributed by atoms with Crippen molar-refractivity contribution in [3.05, 3.63) is 0 Å². The van der Waals surface area contributed by atoms with Crippen LogP contribution in [0.4, 0.5) is 0 Å². The van der Waals surface area contributed by atoms with Gasteiger partial charge in [-0.25, -0.2) is 0 Å². The monoisotopic (exact) mass is 267 g/mol. The van der Waals surface area contributed by atoms with E-state index in [9.17, 15) is 9.90 Å². The van der Waals surface area contributed by atoms with Gasteiger partial charge >= 0.3 is 5.97 Å². The summed E-state index contributed by atoms with van der Waals surface area (Å²) >= 11 is 0. The highest BCUT2D eigenvalue weighted by atomic mass is 16.4. The quantitative estimate of drug-likeness (QED) is 0.762. The van der Waals surface area contributed by atoms with Crippen LogP contribution in [0.15, 0.2) is 0 Å². The lowest BCUT2D eigenvalue weighted by atomic mass is 9.97. The van der Waals surface area contributed by atoms with E-state index in [1.54, 1.807) is 0 Å². The predicted octanol–water partition coefficient (Wildman–Crippen LogP) is 0.491. The van der Waals surface area contributed by atoms with Crippen LogP contribution >= 0.6 is 0 Å². The molecule has 2 saturated heterocycles. The first-order valence-electron chi connectivity index (χ1n) is 7.59. The molecule has 5 heteroatoms. The Morgan fingerprint density at radius 1 is 1.11 bits per heavy atom. The van der Waals surface area contributed by atoms with E-state index in [2.05, 4.69) is 9.80 Å². The van der Waals surface area contributed by atoms with Gasteiger partial charge in [0.25, 0.3) is 0 Å². The van der Waals surface area contributed by atoms with E-state index in [0.29, 0.717) is 24.9 Å². The van der Waals surface area contributed by atoms with Gasteiger partial charge in [-0.2, -0.15) is 0 Å². The number of piperidine rings is 1. The van der Waals surface area contributed by atoms with Crippen molar-refractivity contribution in [3.8, 4) is 0 Å². The SMILES string of the molecule is NC1(C(=O)O)CCC(N2CCN3CCCCC3C2)C1. The maximum Gasteiger partial charge on any atom is 0.323 e. The van der Waals surface area contributed by atoms with Crippen LogP contribution in [0.25, 0.3) is 0 Å². The Hall–Kier alpha value is -0.650. The minimum atomic E-state index is -0.978. The molecule has 1 saturated carbocycles. The highest BCUT2D eigenvalue weighted by Crippen LogP contribution is 2.33. The highest BCUT2D eigenvalue weighted by molar-refractivity contribution is 5.79. The van der Waals surface area contributed by atoms with Crippen molar-refractivity contribution in [1.82, 2.24) is 9.80 Å². The fraction of sp³-hybridized carbons (Fsp3) is 0.929. The summed E-state index contributed by atoms with van der Waals surface area (Å²) in [5.41, 5.74) is 5.02. The lowest BCUT2D eigenvalue weighted by Crippen LogP contribution is -2.57. The zero-order valence-electron chi connectivity index (χ0n) is 11.6. The normalized spacial score (nSPS) is 41.1. The topological polar surface area (TPSA) is 69.8 Å². The predicted molar refractivity (Wildman–Crippen MR) is 73.0 cm³/mol. The molecule has 0 aromatic heterocycles. The van der Waals surface area contributed by atoms with E-state index < -0.39 is 11.5 Å². The van der Waals surface area contributed by atoms with Crippen molar-refractivity contribution in [2.24, 2.45) is 5.73 Å². The highest BCUT2D eigenvalue weighted by Gasteiger charge is 2.45. The second-order valence-corrected chi connectivity index (χ2v) is 6.54. The number of piperazine rings is 1. The maximum atomic E-state index is 11.2. The summed E-state index contributed by atoms with van der Waals surface area (Å²) in [6.45, 7) is 4.59. The number of rotatable bonds is 2. The van der Waals surface area contributed by atoms with Gasteiger partial charge < -0.3 is 10.8 Å². The first-order chi connectivity index (χ1) is 9.08. The zero-order chi connectivity index (χ0) is 13.5. The number of nitrogens with zero attached hydrogens (tertiary/aromatic N) is 2. The van der Waals surface area contributed by atoms with E-state index >= 15 is 0 Å². The minimum absolute atomic E-state index is 0.380. The van der Waals surface area contributed by atoms with Crippen LogP contribution in [0.5, 0.6) is 0 Å². The lowest BCUT2D eigenvalue weighted by Gasteiger charge is -2.46. The summed E-state index contributed by atoms with van der Waals surface area (Å²) in [6, 6.07) is 1.07. The third kappa shape index (κ3) is 2.51. The van der Waals surface area contributed by atoms with Crippen molar-refractivity contribution in [2.75, 3.05) is 26.2 Å². The number of carboxylic acids is 1. The summed E-state index contributed by atoms with van der Waals surface area (Å²) in [7, 11) is 0. The molecule has 3 fully saturated rings. The molecule has 3 unspecified atom stereocenters. The first kappa shape index (κ1) is 13.3.